The highest BCUT2D eigenvalue weighted by atomic mass is 32.1. The predicted molar refractivity (Wildman–Crippen MR) is 151 cm³/mol. The molecule has 1 aromatic heterocycles. The molecule has 2 heterocycles. The van der Waals surface area contributed by atoms with Crippen LogP contribution in [0.25, 0.3) is 0 Å². The number of amides is 1. The van der Waals surface area contributed by atoms with Crippen molar-refractivity contribution in [1.82, 2.24) is 5.32 Å². The maximum absolute atomic E-state index is 13.9. The van der Waals surface area contributed by atoms with Crippen molar-refractivity contribution >= 4 is 34.4 Å². The zero-order chi connectivity index (χ0) is 26.9. The highest BCUT2D eigenvalue weighted by molar-refractivity contribution is 7.09. The fraction of sp³-hybridized carbons (Fsp3) is 0.333. The molecule has 0 fully saturated rings. The van der Waals surface area contributed by atoms with Crippen molar-refractivity contribution in [2.45, 2.75) is 39.3 Å². The predicted octanol–water partition coefficient (Wildman–Crippen LogP) is 5.70. The maximum atomic E-state index is 13.9. The van der Waals surface area contributed by atoms with Crippen molar-refractivity contribution in [3.05, 3.63) is 81.7 Å². The van der Waals surface area contributed by atoms with Gasteiger partial charge in [-0.3, -0.25) is 9.59 Å². The maximum Gasteiger partial charge on any atom is 0.239 e. The zero-order valence-corrected chi connectivity index (χ0v) is 23.0. The second kappa shape index (κ2) is 10.5. The van der Waals surface area contributed by atoms with Gasteiger partial charge in [0.05, 0.1) is 44.7 Å². The first-order valence-corrected chi connectivity index (χ1v) is 13.6. The summed E-state index contributed by atoms with van der Waals surface area (Å²) in [4.78, 5) is 30.4. The average molecular weight is 532 g/mol. The molecule has 5 rings (SSSR count). The molecule has 2 aliphatic rings. The number of carbonyl (C=O) groups is 2. The number of thiophene rings is 1. The standard InChI is InChI=1S/C30H33N3O4S/c1-30(2)15-22-27(24(34)16-30)28(20-10-7-13-25(36-3)29(20)37-4)33(23-12-6-5-11-21(23)32-22)18-26(35)31-17-19-9-8-14-38-19/h5-14,28,32H,15-18H2,1-4H3,(H,31,35). The number of Topliss-reactive ketones (excluding diaryl/α,β-unsaturated/α-hetero) is 1. The van der Waals surface area contributed by atoms with Crippen LogP contribution in [0.1, 0.15) is 43.2 Å². The van der Waals surface area contributed by atoms with Crippen LogP contribution in [-0.4, -0.2) is 32.5 Å². The number of nitrogens with one attached hydrogen (secondary N) is 2. The number of carbonyl (C=O) groups excluding carboxylic acids is 2. The number of para-hydroxylation sites is 3. The first-order chi connectivity index (χ1) is 18.3. The first-order valence-electron chi connectivity index (χ1n) is 12.7. The normalized spacial score (nSPS) is 18.2. The second-order valence-corrected chi connectivity index (χ2v) is 11.5. The SMILES string of the molecule is COc1cccc(C2C3=C(CC(C)(C)CC3=O)Nc3ccccc3N2CC(=O)NCc2cccs2)c1OC. The van der Waals surface area contributed by atoms with Crippen molar-refractivity contribution in [2.24, 2.45) is 5.41 Å². The van der Waals surface area contributed by atoms with Gasteiger partial charge in [0, 0.05) is 28.1 Å². The Morgan fingerprint density at radius 2 is 1.89 bits per heavy atom. The number of hydrogen-bond acceptors (Lipinski definition) is 7. The van der Waals surface area contributed by atoms with E-state index >= 15 is 0 Å². The van der Waals surface area contributed by atoms with Crippen LogP contribution in [0.2, 0.25) is 0 Å². The van der Waals surface area contributed by atoms with E-state index < -0.39 is 6.04 Å². The molecule has 0 bridgehead atoms. The first kappa shape index (κ1) is 25.9. The van der Waals surface area contributed by atoms with E-state index in [0.717, 1.165) is 27.5 Å². The van der Waals surface area contributed by atoms with Gasteiger partial charge in [-0.15, -0.1) is 11.3 Å². The molecular formula is C30H33N3O4S. The molecule has 7 nitrogen and oxygen atoms in total. The Morgan fingerprint density at radius 1 is 1.08 bits per heavy atom. The lowest BCUT2D eigenvalue weighted by atomic mass is 9.73. The minimum atomic E-state index is -0.553. The van der Waals surface area contributed by atoms with Crippen LogP contribution in [0.15, 0.2) is 71.2 Å². The van der Waals surface area contributed by atoms with E-state index in [1.54, 1.807) is 25.6 Å². The van der Waals surface area contributed by atoms with Crippen LogP contribution in [-0.2, 0) is 16.1 Å². The molecule has 0 saturated heterocycles. The Balaban J connectivity index is 1.67. The number of hydrogen-bond donors (Lipinski definition) is 2. The molecule has 1 atom stereocenters. The van der Waals surface area contributed by atoms with Gasteiger partial charge < -0.3 is 25.0 Å². The topological polar surface area (TPSA) is 79.9 Å². The molecule has 2 aromatic carbocycles. The molecule has 38 heavy (non-hydrogen) atoms. The van der Waals surface area contributed by atoms with Crippen molar-refractivity contribution < 1.29 is 19.1 Å². The third-order valence-corrected chi connectivity index (χ3v) is 7.96. The number of anilines is 2. The van der Waals surface area contributed by atoms with Crippen molar-refractivity contribution in [1.29, 1.82) is 0 Å². The van der Waals surface area contributed by atoms with Gasteiger partial charge in [-0.1, -0.05) is 44.2 Å². The Kier molecular flexibility index (Phi) is 7.17. The molecule has 8 heteroatoms. The summed E-state index contributed by atoms with van der Waals surface area (Å²) in [7, 11) is 3.20. The molecular weight excluding hydrogens is 498 g/mol. The summed E-state index contributed by atoms with van der Waals surface area (Å²) >= 11 is 1.60. The van der Waals surface area contributed by atoms with Crippen LogP contribution < -0.4 is 25.0 Å². The van der Waals surface area contributed by atoms with E-state index in [1.165, 1.54) is 0 Å². The summed E-state index contributed by atoms with van der Waals surface area (Å²) in [5, 5.41) is 8.63. The Labute approximate surface area is 227 Å². The molecule has 3 aromatic rings. The van der Waals surface area contributed by atoms with Crippen LogP contribution in [0.5, 0.6) is 11.5 Å². The van der Waals surface area contributed by atoms with Gasteiger partial charge in [0.15, 0.2) is 17.3 Å². The number of nitrogens with zero attached hydrogens (tertiary/aromatic N) is 1. The van der Waals surface area contributed by atoms with Gasteiger partial charge in [0.2, 0.25) is 5.91 Å². The Hall–Kier alpha value is -3.78. The monoisotopic (exact) mass is 531 g/mol. The third kappa shape index (κ3) is 5.00. The summed E-state index contributed by atoms with van der Waals surface area (Å²) in [6, 6.07) is 17.0. The minimum absolute atomic E-state index is 0.0581. The number of ketones is 1. The van der Waals surface area contributed by atoms with E-state index in [9.17, 15) is 9.59 Å². The Bertz CT molecular complexity index is 1380. The van der Waals surface area contributed by atoms with Crippen LogP contribution in [0.3, 0.4) is 0 Å². The molecule has 198 valence electrons. The number of methoxy groups -OCH3 is 2. The van der Waals surface area contributed by atoms with Crippen molar-refractivity contribution in [2.75, 3.05) is 31.0 Å². The third-order valence-electron chi connectivity index (χ3n) is 7.09. The fourth-order valence-electron chi connectivity index (χ4n) is 5.49. The summed E-state index contributed by atoms with van der Waals surface area (Å²) in [6.07, 6.45) is 1.13. The lowest BCUT2D eigenvalue weighted by Crippen LogP contribution is -2.42. The number of ether oxygens (including phenoxy) is 2. The van der Waals surface area contributed by atoms with E-state index in [2.05, 4.69) is 24.5 Å². The van der Waals surface area contributed by atoms with Crippen molar-refractivity contribution in [3.8, 4) is 11.5 Å². The fourth-order valence-corrected chi connectivity index (χ4v) is 6.13. The van der Waals surface area contributed by atoms with Crippen molar-refractivity contribution in [3.63, 3.8) is 0 Å². The van der Waals surface area contributed by atoms with Crippen LogP contribution >= 0.6 is 11.3 Å². The van der Waals surface area contributed by atoms with Crippen LogP contribution in [0.4, 0.5) is 11.4 Å². The van der Waals surface area contributed by atoms with Gasteiger partial charge in [-0.05, 0) is 41.5 Å². The molecule has 1 aliphatic carbocycles. The molecule has 0 radical (unpaired) electrons. The highest BCUT2D eigenvalue weighted by Gasteiger charge is 2.43. The summed E-state index contributed by atoms with van der Waals surface area (Å²) in [6.45, 7) is 4.75. The smallest absolute Gasteiger partial charge is 0.239 e. The molecule has 1 amide bonds. The number of allylic oxidation sites excluding steroid dienone is 1. The molecule has 2 N–H and O–H groups in total. The average Bonchev–Trinajstić information content (AvgIpc) is 3.37. The lowest BCUT2D eigenvalue weighted by Gasteiger charge is -2.38. The van der Waals surface area contributed by atoms with E-state index in [-0.39, 0.29) is 23.7 Å². The van der Waals surface area contributed by atoms with E-state index in [0.29, 0.717) is 36.5 Å². The number of fused-ring (bicyclic) bond motifs is 1. The summed E-state index contributed by atoms with van der Waals surface area (Å²) < 4.78 is 11.5. The van der Waals surface area contributed by atoms with E-state index in [1.807, 2.05) is 64.9 Å². The van der Waals surface area contributed by atoms with Crippen LogP contribution in [0, 0.1) is 5.41 Å². The van der Waals surface area contributed by atoms with Gasteiger partial charge in [-0.25, -0.2) is 0 Å². The minimum Gasteiger partial charge on any atom is -0.493 e. The summed E-state index contributed by atoms with van der Waals surface area (Å²) in [5.74, 6) is 1.05. The number of rotatable bonds is 7. The number of benzene rings is 2. The van der Waals surface area contributed by atoms with Gasteiger partial charge >= 0.3 is 0 Å². The van der Waals surface area contributed by atoms with Gasteiger partial charge in [0.1, 0.15) is 0 Å². The quantitative estimate of drug-likeness (QED) is 0.407. The van der Waals surface area contributed by atoms with Gasteiger partial charge in [0.25, 0.3) is 0 Å². The van der Waals surface area contributed by atoms with Gasteiger partial charge in [-0.2, -0.15) is 0 Å². The Morgan fingerprint density at radius 3 is 2.63 bits per heavy atom. The molecule has 1 unspecified atom stereocenters. The molecule has 0 saturated carbocycles. The zero-order valence-electron chi connectivity index (χ0n) is 22.2. The summed E-state index contributed by atoms with van der Waals surface area (Å²) in [5.41, 5.74) is 3.84. The molecule has 1 aliphatic heterocycles. The second-order valence-electron chi connectivity index (χ2n) is 10.4. The van der Waals surface area contributed by atoms with E-state index in [4.69, 9.17) is 9.47 Å². The highest BCUT2D eigenvalue weighted by Crippen LogP contribution is 2.50. The lowest BCUT2D eigenvalue weighted by molar-refractivity contribution is -0.120. The molecule has 0 spiro atoms. The largest absolute Gasteiger partial charge is 0.493 e.